The molecular weight excluding hydrogens is 744 g/mol. The molecule has 54 heavy (non-hydrogen) atoms. The maximum Gasteiger partial charge on any atom is 0.280 e. The zero-order valence-corrected chi connectivity index (χ0v) is 28.5. The van der Waals surface area contributed by atoms with Crippen LogP contribution in [0.4, 0.5) is 23.7 Å². The van der Waals surface area contributed by atoms with Gasteiger partial charge in [-0.05, 0) is 0 Å². The van der Waals surface area contributed by atoms with E-state index in [-0.39, 0.29) is 67.4 Å². The normalized spacial score (nSPS) is 23.9. The number of fused-ring (bicyclic) bond motifs is 3. The fourth-order valence-corrected chi connectivity index (χ4v) is 5.70. The number of hydrogen-bond acceptors (Lipinski definition) is 22. The third kappa shape index (κ3) is 7.37. The molecule has 0 aliphatic carbocycles. The van der Waals surface area contributed by atoms with Crippen molar-refractivity contribution in [3.05, 3.63) is 34.5 Å². The number of hydrogen-bond donors (Lipinski definition) is 8. The summed E-state index contributed by atoms with van der Waals surface area (Å²) in [6.07, 6.45) is 1.22. The van der Waals surface area contributed by atoms with Gasteiger partial charge < -0.3 is 66.7 Å². The molecule has 3 aliphatic heterocycles. The van der Waals surface area contributed by atoms with Gasteiger partial charge in [-0.15, -0.1) is 0 Å². The van der Waals surface area contributed by atoms with Gasteiger partial charge in [0.1, 0.15) is 11.0 Å². The van der Waals surface area contributed by atoms with Crippen molar-refractivity contribution in [2.45, 2.75) is 37.6 Å². The molecule has 9 rings (SSSR count). The Morgan fingerprint density at radius 2 is 1.07 bits per heavy atom. The summed E-state index contributed by atoms with van der Waals surface area (Å²) in [5.41, 5.74) is 24.2. The second-order valence-corrected chi connectivity index (χ2v) is 11.7. The minimum atomic E-state index is -0.674. The summed E-state index contributed by atoms with van der Waals surface area (Å²) in [4.78, 5) is 45.9. The van der Waals surface area contributed by atoms with Gasteiger partial charge in [0.05, 0.1) is 58.6 Å². The first-order valence-electron chi connectivity index (χ1n) is 15.8. The maximum atomic E-state index is 11.6. The average molecular weight is 777 g/mol. The van der Waals surface area contributed by atoms with Gasteiger partial charge in [0.2, 0.25) is 17.8 Å². The van der Waals surface area contributed by atoms with Crippen molar-refractivity contribution >= 4 is 68.8 Å². The van der Waals surface area contributed by atoms with Crippen molar-refractivity contribution in [2.24, 2.45) is 0 Å². The van der Waals surface area contributed by atoms with Gasteiger partial charge in [0.25, 0.3) is 5.56 Å². The SMILES string of the molecule is Nc1nc(Cl)c2ncn(C3COC(CO)O3)c2n1.Nc1nc(N)c2ncn(C3COC(CO)O3)c2n1.Nc1nc2c(ncn2C2COC(CO)O2)c(=O)[nH]1. The van der Waals surface area contributed by atoms with Crippen LogP contribution < -0.4 is 28.5 Å². The molecule has 3 fully saturated rings. The molecule has 0 saturated carbocycles. The van der Waals surface area contributed by atoms with Crippen molar-refractivity contribution in [3.8, 4) is 0 Å². The third-order valence-electron chi connectivity index (χ3n) is 7.89. The van der Waals surface area contributed by atoms with Crippen molar-refractivity contribution in [2.75, 3.05) is 62.6 Å². The fourth-order valence-electron chi connectivity index (χ4n) is 5.48. The quantitative estimate of drug-likeness (QED) is 0.0800. The fraction of sp³-hybridized carbons (Fsp3) is 0.444. The van der Waals surface area contributed by atoms with Crippen LogP contribution >= 0.6 is 11.6 Å². The van der Waals surface area contributed by atoms with Gasteiger partial charge >= 0.3 is 0 Å². The lowest BCUT2D eigenvalue weighted by Crippen LogP contribution is -2.16. The van der Waals surface area contributed by atoms with E-state index in [1.165, 1.54) is 19.0 Å². The number of aliphatic hydroxyl groups excluding tert-OH is 3. The number of nitrogens with zero attached hydrogens (tertiary/aromatic N) is 11. The number of aromatic amines is 1. The van der Waals surface area contributed by atoms with Gasteiger partial charge in [0, 0.05) is 0 Å². The Kier molecular flexibility index (Phi) is 10.6. The molecule has 6 aromatic rings. The summed E-state index contributed by atoms with van der Waals surface area (Å²) in [5, 5.41) is 27.0. The van der Waals surface area contributed by atoms with Gasteiger partial charge in [-0.3, -0.25) is 23.5 Å². The van der Waals surface area contributed by atoms with Crippen LogP contribution in [0.3, 0.4) is 0 Å². The van der Waals surface area contributed by atoms with Crippen LogP contribution in [0.15, 0.2) is 23.8 Å². The molecule has 12 N–H and O–H groups in total. The van der Waals surface area contributed by atoms with E-state index >= 15 is 0 Å². The van der Waals surface area contributed by atoms with E-state index < -0.39 is 43.1 Å². The number of nitrogen functional groups attached to an aromatic ring is 4. The van der Waals surface area contributed by atoms with Crippen LogP contribution in [0, 0.1) is 0 Å². The van der Waals surface area contributed by atoms with Crippen LogP contribution in [-0.2, 0) is 28.4 Å². The number of nitrogens with two attached hydrogens (primary N) is 4. The lowest BCUT2D eigenvalue weighted by atomic mass is 10.5. The molecule has 288 valence electrons. The molecule has 3 aliphatic rings. The van der Waals surface area contributed by atoms with Crippen molar-refractivity contribution in [1.29, 1.82) is 0 Å². The smallest absolute Gasteiger partial charge is 0.280 e. The average Bonchev–Trinajstić information content (AvgIpc) is 3.98. The monoisotopic (exact) mass is 776 g/mol. The van der Waals surface area contributed by atoms with Crippen molar-refractivity contribution in [1.82, 2.24) is 58.6 Å². The summed E-state index contributed by atoms with van der Waals surface area (Å²) in [5.74, 6) is 0.354. The highest BCUT2D eigenvalue weighted by Gasteiger charge is 2.31. The minimum Gasteiger partial charge on any atom is -0.391 e. The van der Waals surface area contributed by atoms with Crippen molar-refractivity contribution < 1.29 is 43.7 Å². The Morgan fingerprint density at radius 1 is 0.648 bits per heavy atom. The van der Waals surface area contributed by atoms with Crippen LogP contribution in [0.25, 0.3) is 33.5 Å². The Bertz CT molecular complexity index is 2210. The largest absolute Gasteiger partial charge is 0.391 e. The second-order valence-electron chi connectivity index (χ2n) is 11.4. The number of imidazole rings is 3. The number of H-pyrrole nitrogens is 1. The highest BCUT2D eigenvalue weighted by Crippen LogP contribution is 2.28. The van der Waals surface area contributed by atoms with Gasteiger partial charge in [0.15, 0.2) is 71.0 Å². The molecule has 0 spiro atoms. The van der Waals surface area contributed by atoms with Gasteiger partial charge in [-0.2, -0.15) is 24.9 Å². The predicted octanol–water partition coefficient (Wildman–Crippen LogP) is -2.65. The molecule has 27 heteroatoms. The number of aliphatic hydroxyl groups is 3. The molecule has 6 unspecified atom stereocenters. The first kappa shape index (κ1) is 36.9. The summed E-state index contributed by atoms with van der Waals surface area (Å²) < 4.78 is 36.8. The second kappa shape index (κ2) is 15.5. The van der Waals surface area contributed by atoms with Crippen molar-refractivity contribution in [3.63, 3.8) is 0 Å². The maximum absolute atomic E-state index is 11.6. The van der Waals surface area contributed by atoms with E-state index in [1.54, 1.807) is 13.7 Å². The first-order valence-corrected chi connectivity index (χ1v) is 16.2. The summed E-state index contributed by atoms with van der Waals surface area (Å²) in [6.45, 7) is 0.173. The summed E-state index contributed by atoms with van der Waals surface area (Å²) >= 11 is 5.92. The van der Waals surface area contributed by atoms with Crippen LogP contribution in [0.2, 0.25) is 5.15 Å². The first-order chi connectivity index (χ1) is 26.1. The van der Waals surface area contributed by atoms with Crippen LogP contribution in [0.1, 0.15) is 18.7 Å². The van der Waals surface area contributed by atoms with E-state index in [0.29, 0.717) is 34.6 Å². The zero-order chi connectivity index (χ0) is 38.1. The Balaban J connectivity index is 0.000000125. The molecule has 3 saturated heterocycles. The molecule has 26 nitrogen and oxygen atoms in total. The zero-order valence-electron chi connectivity index (χ0n) is 27.7. The number of halogens is 1. The number of anilines is 4. The van der Waals surface area contributed by atoms with E-state index in [4.69, 9.17) is 78.3 Å². The molecule has 9 heterocycles. The summed E-state index contributed by atoms with van der Waals surface area (Å²) in [6, 6.07) is 0. The lowest BCUT2D eigenvalue weighted by molar-refractivity contribution is -0.0981. The summed E-state index contributed by atoms with van der Waals surface area (Å²) in [7, 11) is 0. The van der Waals surface area contributed by atoms with Crippen LogP contribution in [-0.4, -0.2) is 132 Å². The minimum absolute atomic E-state index is 0.00636. The highest BCUT2D eigenvalue weighted by molar-refractivity contribution is 6.33. The van der Waals surface area contributed by atoms with E-state index in [0.717, 1.165) is 0 Å². The third-order valence-corrected chi connectivity index (χ3v) is 8.15. The number of rotatable bonds is 6. The molecule has 6 atom stereocenters. The number of aromatic nitrogens is 12. The lowest BCUT2D eigenvalue weighted by Gasteiger charge is -2.11. The van der Waals surface area contributed by atoms with E-state index in [9.17, 15) is 4.79 Å². The molecule has 0 radical (unpaired) electrons. The Labute approximate surface area is 305 Å². The van der Waals surface area contributed by atoms with Crippen LogP contribution in [0.5, 0.6) is 0 Å². The topological polar surface area (TPSA) is 371 Å². The molecule has 6 aromatic heterocycles. The van der Waals surface area contributed by atoms with Gasteiger partial charge in [-0.1, -0.05) is 11.6 Å². The molecule has 0 bridgehead atoms. The highest BCUT2D eigenvalue weighted by atomic mass is 35.5. The van der Waals surface area contributed by atoms with Gasteiger partial charge in [-0.25, -0.2) is 15.0 Å². The Hall–Kier alpha value is -5.42. The standard InChI is InChI=1S/C9H10ClN5O3.C9H12N6O3.C9H11N5O4/c2*10-7-6-8(14-9(11)13-7)15(3-12-6)4-2-17-5(1-16)18-4;10-9-12-7-6(8(16)13-9)11-3-14(7)4-2-17-5(1-15)18-4/h3-5,16H,1-2H2,(H2,11,13,14);3-5,16H,1-2H2,(H4,10,11,13,14);3-5,15H,1-2H2,(H3,10,12,13,16). The molecule has 0 aromatic carbocycles. The molecule has 0 amide bonds. The van der Waals surface area contributed by atoms with E-state index in [2.05, 4.69) is 44.9 Å². The van der Waals surface area contributed by atoms with E-state index in [1.807, 2.05) is 0 Å². The predicted molar refractivity (Wildman–Crippen MR) is 182 cm³/mol. The molecular formula is C27H33ClN16O10. The number of nitrogens with one attached hydrogen (secondary N) is 1. The Morgan fingerprint density at radius 3 is 1.56 bits per heavy atom. The number of ether oxygens (including phenoxy) is 6.